The van der Waals surface area contributed by atoms with Crippen LogP contribution in [0.5, 0.6) is 0 Å². The molecule has 1 atom stereocenters. The number of hydrogen-bond donors (Lipinski definition) is 0. The predicted octanol–water partition coefficient (Wildman–Crippen LogP) is 2.52. The molecule has 1 unspecified atom stereocenters. The Morgan fingerprint density at radius 1 is 0.833 bits per heavy atom. The number of hydrazone groups is 1. The molecule has 4 heterocycles. The Labute approximate surface area is 152 Å². The minimum absolute atomic E-state index is 0.218. The van der Waals surface area contributed by atoms with Crippen LogP contribution >= 0.6 is 0 Å². The summed E-state index contributed by atoms with van der Waals surface area (Å²) < 4.78 is 1.72. The van der Waals surface area contributed by atoms with Gasteiger partial charge in [-0.2, -0.15) is 0 Å². The third kappa shape index (κ3) is 2.71. The normalized spacial score (nSPS) is 17.1. The van der Waals surface area contributed by atoms with Gasteiger partial charge in [-0.3, -0.25) is 0 Å². The SMILES string of the molecule is [Ag][N]1N=C(c2ccccn2)N(c2ccncc2)C1c1ccccn1. The van der Waals surface area contributed by atoms with E-state index in [4.69, 9.17) is 0 Å². The van der Waals surface area contributed by atoms with Crippen molar-refractivity contribution in [3.05, 3.63) is 84.7 Å². The molecule has 1 aliphatic heterocycles. The second-order valence-electron chi connectivity index (χ2n) is 5.10. The van der Waals surface area contributed by atoms with Gasteiger partial charge in [0.15, 0.2) is 0 Å². The average molecular weight is 409 g/mol. The van der Waals surface area contributed by atoms with Crippen LogP contribution in [0.25, 0.3) is 0 Å². The standard InChI is InChI=1S/C17H13N6.Ag/c1-3-9-19-14(5-1)16-21-22-17(15-6-2-4-10-20-15)23(16)13-7-11-18-12-8-13;/h1-12,16H;/q-1;+1. The molecule has 0 bridgehead atoms. The molecule has 0 spiro atoms. The molecule has 4 rings (SSSR count). The molecule has 0 fully saturated rings. The van der Waals surface area contributed by atoms with Crippen LogP contribution < -0.4 is 4.90 Å². The van der Waals surface area contributed by atoms with Crippen LogP contribution in [0.4, 0.5) is 5.69 Å². The van der Waals surface area contributed by atoms with Crippen LogP contribution in [0.15, 0.2) is 78.4 Å². The quantitative estimate of drug-likeness (QED) is 0.623. The minimum atomic E-state index is -0.218. The number of rotatable bonds is 3. The molecule has 1 aliphatic rings. The van der Waals surface area contributed by atoms with Crippen molar-refractivity contribution in [3.8, 4) is 0 Å². The fourth-order valence-corrected chi connectivity index (χ4v) is 3.09. The molecule has 0 aliphatic carbocycles. The molecule has 7 heteroatoms. The number of amidine groups is 1. The van der Waals surface area contributed by atoms with Gasteiger partial charge in [0.05, 0.1) is 0 Å². The van der Waals surface area contributed by atoms with Gasteiger partial charge in [0.25, 0.3) is 0 Å². The van der Waals surface area contributed by atoms with E-state index in [0.29, 0.717) is 0 Å². The molecule has 24 heavy (non-hydrogen) atoms. The van der Waals surface area contributed by atoms with E-state index >= 15 is 0 Å². The summed E-state index contributed by atoms with van der Waals surface area (Å²) >= 11 is 3.56. The van der Waals surface area contributed by atoms with Gasteiger partial charge in [-0.15, -0.1) is 0 Å². The molecule has 0 N–H and O–H groups in total. The van der Waals surface area contributed by atoms with Crippen molar-refractivity contribution in [3.63, 3.8) is 0 Å². The molecular weight excluding hydrogens is 396 g/mol. The van der Waals surface area contributed by atoms with E-state index in [-0.39, 0.29) is 6.17 Å². The predicted molar refractivity (Wildman–Crippen MR) is 86.3 cm³/mol. The van der Waals surface area contributed by atoms with Crippen molar-refractivity contribution in [2.75, 3.05) is 4.90 Å². The Morgan fingerprint density at radius 3 is 2.25 bits per heavy atom. The van der Waals surface area contributed by atoms with Gasteiger partial charge >= 0.3 is 152 Å². The van der Waals surface area contributed by atoms with E-state index in [1.165, 1.54) is 0 Å². The van der Waals surface area contributed by atoms with Gasteiger partial charge in [-0.05, 0) is 0 Å². The summed E-state index contributed by atoms with van der Waals surface area (Å²) in [5.41, 5.74) is 2.63. The Hall–Kier alpha value is -2.54. The summed E-state index contributed by atoms with van der Waals surface area (Å²) in [6.07, 6.45) is 6.84. The second-order valence-corrected chi connectivity index (χ2v) is 5.78. The number of anilines is 1. The summed E-state index contributed by atoms with van der Waals surface area (Å²) in [4.78, 5) is 15.1. The van der Waals surface area contributed by atoms with E-state index in [0.717, 1.165) is 22.9 Å². The van der Waals surface area contributed by atoms with Gasteiger partial charge in [0, 0.05) is 0 Å². The molecule has 3 aromatic rings. The second kappa shape index (κ2) is 6.52. The zero-order valence-corrected chi connectivity index (χ0v) is 14.0. The van der Waals surface area contributed by atoms with Gasteiger partial charge in [0.1, 0.15) is 0 Å². The first-order chi connectivity index (χ1) is 11.8. The Bertz CT molecular complexity index is 841. The third-order valence-corrected chi connectivity index (χ3v) is 4.14. The van der Waals surface area contributed by atoms with Gasteiger partial charge in [0.2, 0.25) is 0 Å². The number of pyridine rings is 3. The van der Waals surface area contributed by atoms with Crippen LogP contribution in [-0.4, -0.2) is 24.2 Å². The van der Waals surface area contributed by atoms with E-state index in [1.807, 2.05) is 48.5 Å². The van der Waals surface area contributed by atoms with Crippen LogP contribution in [0.2, 0.25) is 0 Å². The summed E-state index contributed by atoms with van der Waals surface area (Å²) in [7, 11) is 0. The average Bonchev–Trinajstić information content (AvgIpc) is 3.01. The third-order valence-electron chi connectivity index (χ3n) is 3.63. The van der Waals surface area contributed by atoms with Crippen LogP contribution in [0.3, 0.4) is 0 Å². The summed E-state index contributed by atoms with van der Waals surface area (Å²) in [5.74, 6) is 0.744. The monoisotopic (exact) mass is 408 g/mol. The molecule has 0 aromatic carbocycles. The molecule has 3 aromatic heterocycles. The van der Waals surface area contributed by atoms with Crippen molar-refractivity contribution in [2.24, 2.45) is 5.10 Å². The fourth-order valence-electron chi connectivity index (χ4n) is 2.59. The van der Waals surface area contributed by atoms with Crippen molar-refractivity contribution >= 4 is 11.5 Å². The Morgan fingerprint density at radius 2 is 1.58 bits per heavy atom. The molecule has 0 radical (unpaired) electrons. The first kappa shape index (κ1) is 15.0. The van der Waals surface area contributed by atoms with E-state index in [2.05, 4.69) is 46.3 Å². The summed E-state index contributed by atoms with van der Waals surface area (Å²) in [6, 6.07) is 15.5. The van der Waals surface area contributed by atoms with Crippen LogP contribution in [-0.2, 0) is 21.3 Å². The fraction of sp³-hybridized carbons (Fsp3) is 0.0588. The van der Waals surface area contributed by atoms with Gasteiger partial charge in [-0.25, -0.2) is 0 Å². The molecule has 0 saturated carbocycles. The number of aromatic nitrogens is 3. The number of hydrogen-bond acceptors (Lipinski definition) is 6. The van der Waals surface area contributed by atoms with E-state index < -0.39 is 0 Å². The summed E-state index contributed by atoms with van der Waals surface area (Å²) in [5, 5.41) is 4.64. The van der Waals surface area contributed by atoms with Crippen LogP contribution in [0, 0.1) is 0 Å². The van der Waals surface area contributed by atoms with Crippen molar-refractivity contribution < 1.29 is 21.3 Å². The van der Waals surface area contributed by atoms with Crippen molar-refractivity contribution in [2.45, 2.75) is 6.17 Å². The molecule has 0 saturated heterocycles. The zero-order chi connectivity index (χ0) is 16.4. The van der Waals surface area contributed by atoms with Crippen molar-refractivity contribution in [1.29, 1.82) is 0 Å². The molecular formula is C17H13AgN6. The molecule has 0 amide bonds. The Kier molecular flexibility index (Phi) is 4.08. The van der Waals surface area contributed by atoms with E-state index in [9.17, 15) is 0 Å². The zero-order valence-electron chi connectivity index (χ0n) is 12.5. The first-order valence-electron chi connectivity index (χ1n) is 7.36. The summed E-state index contributed by atoms with van der Waals surface area (Å²) in [6.45, 7) is 0. The first-order valence-corrected chi connectivity index (χ1v) is 8.02. The van der Waals surface area contributed by atoms with Gasteiger partial charge < -0.3 is 0 Å². The Balaban J connectivity index is 1.84. The molecule has 6 nitrogen and oxygen atoms in total. The van der Waals surface area contributed by atoms with E-state index in [1.54, 1.807) is 28.2 Å². The maximum atomic E-state index is 4.64. The van der Waals surface area contributed by atoms with Crippen LogP contribution in [0.1, 0.15) is 17.6 Å². The topological polar surface area (TPSA) is 57.5 Å². The number of nitrogens with zero attached hydrogens (tertiary/aromatic N) is 6. The maximum absolute atomic E-state index is 4.64. The molecule has 122 valence electrons. The van der Waals surface area contributed by atoms with Crippen molar-refractivity contribution in [1.82, 2.24) is 18.4 Å². The van der Waals surface area contributed by atoms with Gasteiger partial charge in [-0.1, -0.05) is 0 Å².